The Bertz CT molecular complexity index is 1180. The van der Waals surface area contributed by atoms with Gasteiger partial charge in [-0.2, -0.15) is 0 Å². The van der Waals surface area contributed by atoms with Crippen molar-refractivity contribution in [1.29, 1.82) is 0 Å². The summed E-state index contributed by atoms with van der Waals surface area (Å²) in [6, 6.07) is 8.52. The Labute approximate surface area is 270 Å². The van der Waals surface area contributed by atoms with E-state index in [0.29, 0.717) is 29.4 Å². The van der Waals surface area contributed by atoms with Gasteiger partial charge in [-0.05, 0) is 75.3 Å². The van der Waals surface area contributed by atoms with Gasteiger partial charge in [0.15, 0.2) is 0 Å². The molecule has 0 aliphatic heterocycles. The summed E-state index contributed by atoms with van der Waals surface area (Å²) in [5, 5.41) is 0. The van der Waals surface area contributed by atoms with E-state index in [4.69, 9.17) is 0 Å². The Morgan fingerprint density at radius 3 is 1.07 bits per heavy atom. The van der Waals surface area contributed by atoms with Crippen molar-refractivity contribution in [3.05, 3.63) is 68.8 Å². The van der Waals surface area contributed by atoms with Crippen LogP contribution in [0.3, 0.4) is 0 Å². The second-order valence-electron chi connectivity index (χ2n) is 14.9. The molecule has 0 saturated heterocycles. The Morgan fingerprint density at radius 1 is 0.500 bits per heavy atom. The highest BCUT2D eigenvalue weighted by molar-refractivity contribution is 7.95. The SMILES string of the molecule is CCCCCCCCP(=O)(C(=O)c1c(C(C)C)cc(C(C)C)cc1C(C)C)C(=O)c1c(C(C)C)cc(C(C)C)cc1C(C)C. The van der Waals surface area contributed by atoms with Crippen LogP contribution in [-0.4, -0.2) is 17.2 Å². The quantitative estimate of drug-likeness (QED) is 0.130. The second-order valence-corrected chi connectivity index (χ2v) is 17.7. The largest absolute Gasteiger partial charge is 0.307 e. The molecule has 2 rings (SSSR count). The molecule has 0 unspecified atom stereocenters. The van der Waals surface area contributed by atoms with Gasteiger partial charge in [-0.15, -0.1) is 0 Å². The first-order chi connectivity index (χ1) is 20.5. The zero-order valence-electron chi connectivity index (χ0n) is 30.4. The Balaban J connectivity index is 2.92. The number of rotatable bonds is 17. The number of unbranched alkanes of at least 4 members (excludes halogenated alkanes) is 5. The van der Waals surface area contributed by atoms with Gasteiger partial charge in [-0.3, -0.25) is 9.59 Å². The van der Waals surface area contributed by atoms with Gasteiger partial charge in [0.1, 0.15) is 0 Å². The van der Waals surface area contributed by atoms with Crippen LogP contribution >= 0.6 is 7.14 Å². The Hall–Kier alpha value is -1.99. The molecule has 2 aromatic carbocycles. The van der Waals surface area contributed by atoms with Gasteiger partial charge in [-0.25, -0.2) is 0 Å². The van der Waals surface area contributed by atoms with E-state index in [1.807, 2.05) is 0 Å². The molecule has 3 nitrogen and oxygen atoms in total. The van der Waals surface area contributed by atoms with E-state index in [2.05, 4.69) is 114 Å². The maximum absolute atomic E-state index is 15.5. The van der Waals surface area contributed by atoms with Crippen molar-refractivity contribution < 1.29 is 14.2 Å². The highest BCUT2D eigenvalue weighted by Gasteiger charge is 2.44. The van der Waals surface area contributed by atoms with Crippen molar-refractivity contribution in [1.82, 2.24) is 0 Å². The van der Waals surface area contributed by atoms with Gasteiger partial charge >= 0.3 is 0 Å². The standard InChI is InChI=1S/C40H63O3P/c1-14-15-16-17-18-19-20-44(43,39(41)37-33(27(6)7)21-31(25(2)3)22-34(37)28(8)9)40(42)38-35(29(10)11)23-32(26(4)5)24-36(38)30(12)13/h21-30H,14-20H2,1-13H3. The van der Waals surface area contributed by atoms with Crippen LogP contribution in [0.4, 0.5) is 0 Å². The number of benzene rings is 2. The van der Waals surface area contributed by atoms with Gasteiger partial charge in [-0.1, -0.05) is 146 Å². The average Bonchev–Trinajstić information content (AvgIpc) is 2.96. The molecule has 246 valence electrons. The minimum atomic E-state index is -4.02. The van der Waals surface area contributed by atoms with Crippen molar-refractivity contribution >= 4 is 18.2 Å². The van der Waals surface area contributed by atoms with Crippen LogP contribution in [0.25, 0.3) is 0 Å². The highest BCUT2D eigenvalue weighted by Crippen LogP contribution is 2.56. The van der Waals surface area contributed by atoms with Crippen LogP contribution in [0.5, 0.6) is 0 Å². The predicted molar refractivity (Wildman–Crippen MR) is 192 cm³/mol. The molecule has 0 N–H and O–H groups in total. The minimum Gasteiger partial charge on any atom is -0.307 e. The fourth-order valence-electron chi connectivity index (χ4n) is 6.18. The molecular formula is C40H63O3P. The van der Waals surface area contributed by atoms with E-state index in [1.54, 1.807) is 0 Å². The van der Waals surface area contributed by atoms with Crippen LogP contribution in [0.1, 0.15) is 218 Å². The molecule has 0 bridgehead atoms. The molecule has 0 heterocycles. The first-order valence-corrected chi connectivity index (χ1v) is 19.4. The number of hydrogen-bond donors (Lipinski definition) is 0. The summed E-state index contributed by atoms with van der Waals surface area (Å²) < 4.78 is 15.5. The van der Waals surface area contributed by atoms with Crippen LogP contribution in [0.15, 0.2) is 24.3 Å². The number of carbonyl (C=O) groups is 2. The van der Waals surface area contributed by atoms with E-state index in [1.165, 1.54) is 17.5 Å². The van der Waals surface area contributed by atoms with E-state index in [9.17, 15) is 0 Å². The lowest BCUT2D eigenvalue weighted by molar-refractivity contribution is 0.103. The first-order valence-electron chi connectivity index (χ1n) is 17.5. The van der Waals surface area contributed by atoms with Crippen LogP contribution < -0.4 is 0 Å². The third kappa shape index (κ3) is 8.84. The summed E-state index contributed by atoms with van der Waals surface area (Å²) in [7, 11) is -4.02. The van der Waals surface area contributed by atoms with Crippen molar-refractivity contribution in [2.75, 3.05) is 6.16 Å². The topological polar surface area (TPSA) is 51.2 Å². The molecule has 0 aliphatic carbocycles. The third-order valence-electron chi connectivity index (χ3n) is 9.18. The van der Waals surface area contributed by atoms with E-state index >= 15 is 14.2 Å². The third-order valence-corrected chi connectivity index (χ3v) is 11.9. The molecule has 0 aromatic heterocycles. The second kappa shape index (κ2) is 16.5. The average molecular weight is 623 g/mol. The number of carbonyl (C=O) groups excluding carboxylic acids is 2. The zero-order chi connectivity index (χ0) is 33.5. The fraction of sp³-hybridized carbons (Fsp3) is 0.650. The zero-order valence-corrected chi connectivity index (χ0v) is 31.3. The van der Waals surface area contributed by atoms with Gasteiger partial charge in [0.2, 0.25) is 18.2 Å². The van der Waals surface area contributed by atoms with Crippen LogP contribution in [-0.2, 0) is 4.57 Å². The molecule has 0 atom stereocenters. The summed E-state index contributed by atoms with van der Waals surface area (Å²) in [4.78, 5) is 30.1. The maximum Gasteiger partial charge on any atom is 0.229 e. The predicted octanol–water partition coefficient (Wildman–Crippen LogP) is 13.1. The smallest absolute Gasteiger partial charge is 0.229 e. The molecule has 4 heteroatoms. The van der Waals surface area contributed by atoms with Gasteiger partial charge in [0, 0.05) is 17.3 Å². The summed E-state index contributed by atoms with van der Waals surface area (Å²) >= 11 is 0. The normalized spacial score (nSPS) is 12.5. The summed E-state index contributed by atoms with van der Waals surface area (Å²) in [5.74, 6) is 0.840. The Morgan fingerprint density at radius 2 is 0.795 bits per heavy atom. The molecule has 0 fully saturated rings. The molecular weight excluding hydrogens is 559 g/mol. The van der Waals surface area contributed by atoms with Crippen molar-refractivity contribution in [2.45, 2.75) is 164 Å². The van der Waals surface area contributed by atoms with Gasteiger partial charge in [0.05, 0.1) is 0 Å². The molecule has 2 aromatic rings. The lowest BCUT2D eigenvalue weighted by Gasteiger charge is -2.27. The molecule has 0 saturated carbocycles. The lowest BCUT2D eigenvalue weighted by atomic mass is 9.85. The van der Waals surface area contributed by atoms with E-state index in [0.717, 1.165) is 47.9 Å². The fourth-order valence-corrected chi connectivity index (χ4v) is 8.68. The molecule has 0 radical (unpaired) electrons. The highest BCUT2D eigenvalue weighted by atomic mass is 31.2. The van der Waals surface area contributed by atoms with E-state index in [-0.39, 0.29) is 29.8 Å². The summed E-state index contributed by atoms with van der Waals surface area (Å²) in [6.07, 6.45) is 6.12. The Kier molecular flexibility index (Phi) is 14.4. The summed E-state index contributed by atoms with van der Waals surface area (Å²) in [5.41, 5.74) is 6.28. The first kappa shape index (κ1) is 38.2. The van der Waals surface area contributed by atoms with Gasteiger partial charge < -0.3 is 4.57 Å². The minimum absolute atomic E-state index is 0.0607. The summed E-state index contributed by atoms with van der Waals surface area (Å²) in [6.45, 7) is 27.6. The van der Waals surface area contributed by atoms with Crippen LogP contribution in [0, 0.1) is 0 Å². The van der Waals surface area contributed by atoms with Crippen LogP contribution in [0.2, 0.25) is 0 Å². The van der Waals surface area contributed by atoms with Gasteiger partial charge in [0.25, 0.3) is 0 Å². The number of hydrogen-bond acceptors (Lipinski definition) is 3. The van der Waals surface area contributed by atoms with E-state index < -0.39 is 18.2 Å². The maximum atomic E-state index is 15.5. The van der Waals surface area contributed by atoms with Crippen molar-refractivity contribution in [3.63, 3.8) is 0 Å². The molecule has 0 spiro atoms. The van der Waals surface area contributed by atoms with Crippen molar-refractivity contribution in [3.8, 4) is 0 Å². The lowest BCUT2D eigenvalue weighted by Crippen LogP contribution is -2.21. The monoisotopic (exact) mass is 622 g/mol. The van der Waals surface area contributed by atoms with Crippen molar-refractivity contribution in [2.24, 2.45) is 0 Å². The molecule has 0 aliphatic rings. The molecule has 44 heavy (non-hydrogen) atoms. The molecule has 0 amide bonds.